The van der Waals surface area contributed by atoms with Crippen molar-refractivity contribution in [3.63, 3.8) is 0 Å². The summed E-state index contributed by atoms with van der Waals surface area (Å²) in [5.41, 5.74) is 2.47. The van der Waals surface area contributed by atoms with Crippen molar-refractivity contribution < 1.29 is 23.9 Å². The molecule has 0 spiro atoms. The number of morpholine rings is 1. The Balaban J connectivity index is 1.20. The molecule has 5 amide bonds. The van der Waals surface area contributed by atoms with Gasteiger partial charge >= 0.3 is 6.03 Å². The molecule has 11 nitrogen and oxygen atoms in total. The molecule has 0 radical (unpaired) electrons. The van der Waals surface area contributed by atoms with Crippen molar-refractivity contribution in [3.8, 4) is 0 Å². The lowest BCUT2D eigenvalue weighted by Crippen LogP contribution is -2.55. The predicted octanol–water partition coefficient (Wildman–Crippen LogP) is -0.563. The smallest absolute Gasteiger partial charge is 0.344 e. The van der Waals surface area contributed by atoms with E-state index in [4.69, 9.17) is 4.74 Å². The van der Waals surface area contributed by atoms with E-state index in [2.05, 4.69) is 15.6 Å². The van der Waals surface area contributed by atoms with Crippen LogP contribution >= 0.6 is 0 Å². The first kappa shape index (κ1) is 25.1. The fourth-order valence-corrected chi connectivity index (χ4v) is 4.57. The van der Waals surface area contributed by atoms with E-state index in [-0.39, 0.29) is 12.5 Å². The standard InChI is InChI=1S/C24H34N6O5/c1-24(8-7-19-5-3-2-4-6-19)22(33)30(23(34)25-24)26-20(31)17-27-9-11-28(12-10-27)18-21(32)29-13-15-35-16-14-29/h2-6H,7-18H2,1H3,(H,25,34)(H,26,31)/t24-/m1/s1. The van der Waals surface area contributed by atoms with Gasteiger partial charge in [-0.2, -0.15) is 5.01 Å². The van der Waals surface area contributed by atoms with Gasteiger partial charge in [0.2, 0.25) is 5.91 Å². The van der Waals surface area contributed by atoms with Crippen LogP contribution < -0.4 is 10.7 Å². The molecule has 0 saturated carbocycles. The Labute approximate surface area is 205 Å². The van der Waals surface area contributed by atoms with E-state index in [1.165, 1.54) is 0 Å². The van der Waals surface area contributed by atoms with Crippen molar-refractivity contribution >= 4 is 23.8 Å². The molecular weight excluding hydrogens is 452 g/mol. The highest BCUT2D eigenvalue weighted by Crippen LogP contribution is 2.22. The van der Waals surface area contributed by atoms with Gasteiger partial charge in [-0.25, -0.2) is 4.79 Å². The minimum absolute atomic E-state index is 0.0725. The highest BCUT2D eigenvalue weighted by Gasteiger charge is 2.48. The maximum atomic E-state index is 12.9. The molecule has 0 aliphatic carbocycles. The molecule has 0 aromatic heterocycles. The van der Waals surface area contributed by atoms with Crippen LogP contribution in [-0.4, -0.2) is 115 Å². The van der Waals surface area contributed by atoms with Crippen LogP contribution in [0.2, 0.25) is 0 Å². The lowest BCUT2D eigenvalue weighted by Gasteiger charge is -2.35. The number of rotatable bonds is 8. The Morgan fingerprint density at radius 2 is 1.60 bits per heavy atom. The Morgan fingerprint density at radius 3 is 2.26 bits per heavy atom. The molecule has 35 heavy (non-hydrogen) atoms. The topological polar surface area (TPSA) is 115 Å². The molecule has 0 bridgehead atoms. The molecule has 0 unspecified atom stereocenters. The third-order valence-corrected chi connectivity index (χ3v) is 6.81. The summed E-state index contributed by atoms with van der Waals surface area (Å²) in [6.07, 6.45) is 1.06. The van der Waals surface area contributed by atoms with Crippen LogP contribution in [0.5, 0.6) is 0 Å². The van der Waals surface area contributed by atoms with E-state index >= 15 is 0 Å². The highest BCUT2D eigenvalue weighted by atomic mass is 16.5. The van der Waals surface area contributed by atoms with E-state index in [1.54, 1.807) is 6.92 Å². The number of hydrogen-bond donors (Lipinski definition) is 2. The van der Waals surface area contributed by atoms with E-state index < -0.39 is 23.4 Å². The average Bonchev–Trinajstić information content (AvgIpc) is 3.08. The number of aryl methyl sites for hydroxylation is 1. The van der Waals surface area contributed by atoms with Crippen LogP contribution in [0.3, 0.4) is 0 Å². The quantitative estimate of drug-likeness (QED) is 0.474. The van der Waals surface area contributed by atoms with Crippen molar-refractivity contribution in [2.45, 2.75) is 25.3 Å². The van der Waals surface area contributed by atoms with Gasteiger partial charge in [-0.1, -0.05) is 30.3 Å². The lowest BCUT2D eigenvalue weighted by atomic mass is 9.93. The average molecular weight is 487 g/mol. The molecular formula is C24H34N6O5. The van der Waals surface area contributed by atoms with Crippen molar-refractivity contribution in [3.05, 3.63) is 35.9 Å². The molecule has 1 atom stereocenters. The minimum Gasteiger partial charge on any atom is -0.378 e. The fourth-order valence-electron chi connectivity index (χ4n) is 4.57. The first-order valence-electron chi connectivity index (χ1n) is 12.1. The molecule has 1 aromatic rings. The fraction of sp³-hybridized carbons (Fsp3) is 0.583. The molecule has 1 aromatic carbocycles. The second kappa shape index (κ2) is 11.1. The Kier molecular flexibility index (Phi) is 7.99. The number of nitrogens with one attached hydrogen (secondary N) is 2. The zero-order valence-corrected chi connectivity index (χ0v) is 20.2. The summed E-state index contributed by atoms with van der Waals surface area (Å²) < 4.78 is 5.29. The van der Waals surface area contributed by atoms with Crippen molar-refractivity contribution in [2.24, 2.45) is 0 Å². The number of imide groups is 1. The van der Waals surface area contributed by atoms with E-state index in [1.807, 2.05) is 40.1 Å². The Bertz CT molecular complexity index is 930. The zero-order chi connectivity index (χ0) is 24.8. The van der Waals surface area contributed by atoms with E-state index in [0.29, 0.717) is 71.9 Å². The zero-order valence-electron chi connectivity index (χ0n) is 20.2. The van der Waals surface area contributed by atoms with E-state index in [9.17, 15) is 19.2 Å². The summed E-state index contributed by atoms with van der Waals surface area (Å²) in [5.74, 6) is -0.773. The number of carbonyl (C=O) groups is 4. The van der Waals surface area contributed by atoms with Gasteiger partial charge in [0.1, 0.15) is 5.54 Å². The summed E-state index contributed by atoms with van der Waals surface area (Å²) in [6, 6.07) is 9.12. The molecule has 11 heteroatoms. The number of carbonyl (C=O) groups excluding carboxylic acids is 4. The maximum Gasteiger partial charge on any atom is 0.344 e. The van der Waals surface area contributed by atoms with Gasteiger partial charge in [-0.15, -0.1) is 0 Å². The monoisotopic (exact) mass is 486 g/mol. The van der Waals surface area contributed by atoms with Crippen LogP contribution in [-0.2, 0) is 25.5 Å². The number of piperazine rings is 1. The Morgan fingerprint density at radius 1 is 0.971 bits per heavy atom. The van der Waals surface area contributed by atoms with Crippen LogP contribution in [0.25, 0.3) is 0 Å². The van der Waals surface area contributed by atoms with Gasteiger partial charge < -0.3 is 15.0 Å². The number of hydrazine groups is 1. The van der Waals surface area contributed by atoms with Gasteiger partial charge in [-0.05, 0) is 25.3 Å². The van der Waals surface area contributed by atoms with Crippen molar-refractivity contribution in [1.82, 2.24) is 30.5 Å². The van der Waals surface area contributed by atoms with Crippen molar-refractivity contribution in [1.29, 1.82) is 0 Å². The third-order valence-electron chi connectivity index (χ3n) is 6.81. The summed E-state index contributed by atoms with van der Waals surface area (Å²) in [5, 5.41) is 3.52. The summed E-state index contributed by atoms with van der Waals surface area (Å²) in [4.78, 5) is 56.3. The van der Waals surface area contributed by atoms with Crippen LogP contribution in [0.4, 0.5) is 4.79 Å². The van der Waals surface area contributed by atoms with Gasteiger partial charge in [0.05, 0.1) is 26.3 Å². The third kappa shape index (κ3) is 6.36. The first-order chi connectivity index (χ1) is 16.8. The molecule has 3 saturated heterocycles. The largest absolute Gasteiger partial charge is 0.378 e. The maximum absolute atomic E-state index is 12.9. The SMILES string of the molecule is C[C@]1(CCc2ccccc2)NC(=O)N(NC(=O)CN2CCN(CC(=O)N3CCOCC3)CC2)C1=O. The highest BCUT2D eigenvalue weighted by molar-refractivity contribution is 6.07. The van der Waals surface area contributed by atoms with Gasteiger partial charge in [0.15, 0.2) is 0 Å². The predicted molar refractivity (Wildman–Crippen MR) is 127 cm³/mol. The molecule has 190 valence electrons. The van der Waals surface area contributed by atoms with Crippen LogP contribution in [0, 0.1) is 0 Å². The number of amides is 5. The molecule has 2 N–H and O–H groups in total. The first-order valence-corrected chi connectivity index (χ1v) is 12.1. The second-order valence-corrected chi connectivity index (χ2v) is 9.47. The van der Waals surface area contributed by atoms with Gasteiger partial charge in [0, 0.05) is 39.3 Å². The molecule has 3 aliphatic rings. The Hall–Kier alpha value is -3.02. The molecule has 3 aliphatic heterocycles. The van der Waals surface area contributed by atoms with Crippen LogP contribution in [0.15, 0.2) is 30.3 Å². The number of ether oxygens (including phenoxy) is 1. The number of benzene rings is 1. The minimum atomic E-state index is -1.07. The van der Waals surface area contributed by atoms with Gasteiger partial charge in [0.25, 0.3) is 11.8 Å². The number of hydrogen-bond acceptors (Lipinski definition) is 7. The lowest BCUT2D eigenvalue weighted by molar-refractivity contribution is -0.139. The molecule has 4 rings (SSSR count). The van der Waals surface area contributed by atoms with Gasteiger partial charge in [-0.3, -0.25) is 29.6 Å². The van der Waals surface area contributed by atoms with E-state index in [0.717, 1.165) is 10.6 Å². The normalized spacial score (nSPS) is 23.9. The second-order valence-electron chi connectivity index (χ2n) is 9.47. The molecule has 3 fully saturated rings. The number of urea groups is 1. The summed E-state index contributed by atoms with van der Waals surface area (Å²) in [7, 11) is 0. The molecule has 3 heterocycles. The summed E-state index contributed by atoms with van der Waals surface area (Å²) >= 11 is 0. The van der Waals surface area contributed by atoms with Crippen molar-refractivity contribution in [2.75, 3.05) is 65.6 Å². The summed E-state index contributed by atoms with van der Waals surface area (Å²) in [6.45, 7) is 7.13. The van der Waals surface area contributed by atoms with Crippen LogP contribution in [0.1, 0.15) is 18.9 Å². The number of nitrogens with zero attached hydrogens (tertiary/aromatic N) is 4.